The third kappa shape index (κ3) is 1.18. The molecule has 3 rings (SSSR count). The van der Waals surface area contributed by atoms with Crippen LogP contribution in [0.2, 0.25) is 0 Å². The number of halogens is 2. The fourth-order valence-electron chi connectivity index (χ4n) is 2.16. The summed E-state index contributed by atoms with van der Waals surface area (Å²) in [5.41, 5.74) is 1.30. The summed E-state index contributed by atoms with van der Waals surface area (Å²) in [6.45, 7) is 0. The van der Waals surface area contributed by atoms with Crippen LogP contribution in [0.25, 0.3) is 0 Å². The van der Waals surface area contributed by atoms with Crippen LogP contribution in [0.15, 0.2) is 33.2 Å². The van der Waals surface area contributed by atoms with Crippen LogP contribution >= 0.6 is 31.9 Å². The number of rotatable bonds is 0. The Hall–Kier alpha value is -0.280. The van der Waals surface area contributed by atoms with E-state index in [0.29, 0.717) is 12.0 Å². The summed E-state index contributed by atoms with van der Waals surface area (Å²) >= 11 is 7.03. The summed E-state index contributed by atoms with van der Waals surface area (Å²) in [6.07, 6.45) is 5.81. The smallest absolute Gasteiger partial charge is 0.137 e. The average molecular weight is 316 g/mol. The van der Waals surface area contributed by atoms with E-state index in [1.807, 2.05) is 6.07 Å². The molecule has 1 aromatic carbocycles. The molecule has 0 saturated carbocycles. The molecular formula is C11H8Br2O. The van der Waals surface area contributed by atoms with E-state index in [4.69, 9.17) is 4.74 Å². The van der Waals surface area contributed by atoms with Crippen LogP contribution in [0.1, 0.15) is 17.9 Å². The van der Waals surface area contributed by atoms with Crippen LogP contribution in [-0.4, -0.2) is 6.10 Å². The molecule has 0 bridgehead atoms. The Kier molecular flexibility index (Phi) is 1.99. The largest absolute Gasteiger partial charge is 0.488 e. The van der Waals surface area contributed by atoms with Gasteiger partial charge in [-0.15, -0.1) is 0 Å². The summed E-state index contributed by atoms with van der Waals surface area (Å²) in [5.74, 6) is 1.48. The Morgan fingerprint density at radius 2 is 2.14 bits per heavy atom. The molecule has 0 N–H and O–H groups in total. The molecule has 1 aliphatic heterocycles. The van der Waals surface area contributed by atoms with Gasteiger partial charge in [0, 0.05) is 22.4 Å². The summed E-state index contributed by atoms with van der Waals surface area (Å²) in [4.78, 5) is 0. The molecule has 0 amide bonds. The highest BCUT2D eigenvalue weighted by Gasteiger charge is 2.36. The van der Waals surface area contributed by atoms with Gasteiger partial charge in [0.1, 0.15) is 11.9 Å². The number of fused-ring (bicyclic) bond motifs is 3. The van der Waals surface area contributed by atoms with Gasteiger partial charge in [-0.3, -0.25) is 0 Å². The molecule has 0 aromatic heterocycles. The summed E-state index contributed by atoms with van der Waals surface area (Å²) < 4.78 is 8.04. The highest BCUT2D eigenvalue weighted by molar-refractivity contribution is 9.11. The lowest BCUT2D eigenvalue weighted by atomic mass is 9.99. The number of hydrogen-bond donors (Lipinski definition) is 0. The minimum Gasteiger partial charge on any atom is -0.488 e. The van der Waals surface area contributed by atoms with E-state index in [-0.39, 0.29) is 0 Å². The molecular weight excluding hydrogens is 308 g/mol. The normalized spacial score (nSPS) is 27.3. The van der Waals surface area contributed by atoms with Gasteiger partial charge in [0.2, 0.25) is 0 Å². The first-order chi connectivity index (χ1) is 6.75. The minimum atomic E-state index is 0.329. The molecule has 0 spiro atoms. The fraction of sp³-hybridized carbons (Fsp3) is 0.273. The second kappa shape index (κ2) is 3.11. The van der Waals surface area contributed by atoms with Crippen molar-refractivity contribution in [3.8, 4) is 5.75 Å². The fourth-order valence-corrected chi connectivity index (χ4v) is 3.51. The van der Waals surface area contributed by atoms with Crippen molar-refractivity contribution in [1.29, 1.82) is 0 Å². The average Bonchev–Trinajstić information content (AvgIpc) is 2.65. The highest BCUT2D eigenvalue weighted by Crippen LogP contribution is 2.48. The highest BCUT2D eigenvalue weighted by atomic mass is 79.9. The van der Waals surface area contributed by atoms with Gasteiger partial charge in [-0.25, -0.2) is 0 Å². The molecule has 1 heterocycles. The Bertz CT molecular complexity index is 426. The number of hydrogen-bond acceptors (Lipinski definition) is 1. The van der Waals surface area contributed by atoms with Gasteiger partial charge in [0.25, 0.3) is 0 Å². The van der Waals surface area contributed by atoms with E-state index in [0.717, 1.165) is 21.1 Å². The predicted molar refractivity (Wildman–Crippen MR) is 62.8 cm³/mol. The lowest BCUT2D eigenvalue weighted by Crippen LogP contribution is -2.11. The third-order valence-corrected chi connectivity index (χ3v) is 3.82. The van der Waals surface area contributed by atoms with Gasteiger partial charge in [-0.05, 0) is 28.1 Å². The van der Waals surface area contributed by atoms with Crippen LogP contribution in [0.3, 0.4) is 0 Å². The molecule has 0 unspecified atom stereocenters. The van der Waals surface area contributed by atoms with Gasteiger partial charge in [-0.1, -0.05) is 28.1 Å². The first kappa shape index (κ1) is 8.98. The zero-order valence-electron chi connectivity index (χ0n) is 7.34. The molecule has 0 radical (unpaired) electrons. The lowest BCUT2D eigenvalue weighted by molar-refractivity contribution is 0.231. The third-order valence-electron chi connectivity index (χ3n) is 2.78. The van der Waals surface area contributed by atoms with Gasteiger partial charge >= 0.3 is 0 Å². The van der Waals surface area contributed by atoms with E-state index in [1.54, 1.807) is 0 Å². The maximum atomic E-state index is 5.89. The Balaban J connectivity index is 2.19. The van der Waals surface area contributed by atoms with Crippen LogP contribution in [0.5, 0.6) is 5.75 Å². The standard InChI is InChI=1S/C11H8Br2O/c12-6-4-8-7-2-1-3-10(7)14-11(8)9(13)5-6/h1-2,4-5,7,10H,3H2/t7-,10-/m1/s1. The zero-order valence-corrected chi connectivity index (χ0v) is 10.5. The van der Waals surface area contributed by atoms with Crippen molar-refractivity contribution in [2.75, 3.05) is 0 Å². The molecule has 3 heteroatoms. The Morgan fingerprint density at radius 1 is 1.29 bits per heavy atom. The minimum absolute atomic E-state index is 0.329. The van der Waals surface area contributed by atoms with Crippen LogP contribution < -0.4 is 4.74 Å². The zero-order chi connectivity index (χ0) is 9.71. The SMILES string of the molecule is Brc1cc(Br)c2c(c1)[C@H]1C=CC[C@H]1O2. The summed E-state index contributed by atoms with van der Waals surface area (Å²) in [5, 5.41) is 0. The Labute approximate surface area is 99.4 Å². The first-order valence-electron chi connectivity index (χ1n) is 4.58. The van der Waals surface area contributed by atoms with Crippen LogP contribution in [-0.2, 0) is 0 Å². The van der Waals surface area contributed by atoms with Gasteiger partial charge in [-0.2, -0.15) is 0 Å². The first-order valence-corrected chi connectivity index (χ1v) is 6.16. The molecule has 0 saturated heterocycles. The molecule has 0 fully saturated rings. The van der Waals surface area contributed by atoms with Crippen LogP contribution in [0.4, 0.5) is 0 Å². The second-order valence-electron chi connectivity index (χ2n) is 3.65. The molecule has 72 valence electrons. The molecule has 1 aliphatic carbocycles. The number of benzene rings is 1. The topological polar surface area (TPSA) is 9.23 Å². The van der Waals surface area contributed by atoms with Crippen molar-refractivity contribution >= 4 is 31.9 Å². The van der Waals surface area contributed by atoms with E-state index in [2.05, 4.69) is 50.1 Å². The lowest BCUT2D eigenvalue weighted by Gasteiger charge is -2.07. The van der Waals surface area contributed by atoms with Crippen molar-refractivity contribution in [2.45, 2.75) is 18.4 Å². The van der Waals surface area contributed by atoms with Crippen molar-refractivity contribution in [3.05, 3.63) is 38.8 Å². The van der Waals surface area contributed by atoms with E-state index < -0.39 is 0 Å². The predicted octanol–water partition coefficient (Wildman–Crippen LogP) is 4.02. The second-order valence-corrected chi connectivity index (χ2v) is 5.42. The summed E-state index contributed by atoms with van der Waals surface area (Å²) in [7, 11) is 0. The van der Waals surface area contributed by atoms with Gasteiger partial charge in [0.05, 0.1) is 4.47 Å². The molecule has 2 atom stereocenters. The molecule has 1 nitrogen and oxygen atoms in total. The quantitative estimate of drug-likeness (QED) is 0.657. The van der Waals surface area contributed by atoms with E-state index in [1.165, 1.54) is 5.56 Å². The monoisotopic (exact) mass is 314 g/mol. The maximum absolute atomic E-state index is 5.89. The number of ether oxygens (including phenoxy) is 1. The molecule has 1 aromatic rings. The summed E-state index contributed by atoms with van der Waals surface area (Å²) in [6, 6.07) is 4.18. The molecule has 2 aliphatic rings. The van der Waals surface area contributed by atoms with Gasteiger partial charge in [0.15, 0.2) is 0 Å². The van der Waals surface area contributed by atoms with Crippen molar-refractivity contribution in [3.63, 3.8) is 0 Å². The van der Waals surface area contributed by atoms with E-state index in [9.17, 15) is 0 Å². The van der Waals surface area contributed by atoms with Gasteiger partial charge < -0.3 is 4.74 Å². The van der Waals surface area contributed by atoms with Crippen LogP contribution in [0, 0.1) is 0 Å². The van der Waals surface area contributed by atoms with E-state index >= 15 is 0 Å². The Morgan fingerprint density at radius 3 is 3.00 bits per heavy atom. The molecule has 14 heavy (non-hydrogen) atoms. The maximum Gasteiger partial charge on any atom is 0.137 e. The van der Waals surface area contributed by atoms with Crippen molar-refractivity contribution < 1.29 is 4.74 Å². The van der Waals surface area contributed by atoms with Crippen molar-refractivity contribution in [1.82, 2.24) is 0 Å². The van der Waals surface area contributed by atoms with Crippen molar-refractivity contribution in [2.24, 2.45) is 0 Å².